The Bertz CT molecular complexity index is 1100. The van der Waals surface area contributed by atoms with Crippen LogP contribution in [-0.2, 0) is 27.4 Å². The molecule has 198 valence electrons. The zero-order valence-corrected chi connectivity index (χ0v) is 19.7. The number of benzene rings is 1. The van der Waals surface area contributed by atoms with E-state index in [1.54, 1.807) is 6.92 Å². The molecule has 0 fully saturated rings. The quantitative estimate of drug-likeness (QED) is 0.112. The topological polar surface area (TPSA) is 184 Å². The normalized spacial score (nSPS) is 10.6. The van der Waals surface area contributed by atoms with E-state index in [-0.39, 0.29) is 42.5 Å². The van der Waals surface area contributed by atoms with Crippen LogP contribution in [0.15, 0.2) is 35.1 Å². The molecule has 0 saturated heterocycles. The van der Waals surface area contributed by atoms with Gasteiger partial charge in [0, 0.05) is 13.1 Å². The maximum absolute atomic E-state index is 12.7. The number of nitrogens with zero attached hydrogens (tertiary/aromatic N) is 2. The first-order valence-corrected chi connectivity index (χ1v) is 10.5. The summed E-state index contributed by atoms with van der Waals surface area (Å²) in [6.45, 7) is 2.19. The minimum atomic E-state index is -5.08. The minimum absolute atomic E-state index is 0.0957. The summed E-state index contributed by atoms with van der Waals surface area (Å²) < 4.78 is 33.0. The van der Waals surface area contributed by atoms with Crippen molar-refractivity contribution in [3.8, 4) is 0 Å². The van der Waals surface area contributed by atoms with Gasteiger partial charge in [-0.2, -0.15) is 13.2 Å². The standard InChI is InChI=1S/C18H24ClN7O3.C2HF3O2/c1-12-15(19)24-16(23-8-7-13-5-3-2-4-6-13)17(28)26(12)11-14(27)22-9-10-29-25-18(20)21;3-2(4,5)1(6)7/h2-6H,7-11H2,1H3,(H,22,27)(H,23,24)(H4,20,21,25);(H,6,7). The number of aromatic nitrogens is 2. The number of halogens is 4. The second kappa shape index (κ2) is 14.5. The van der Waals surface area contributed by atoms with E-state index in [4.69, 9.17) is 37.5 Å². The molecule has 1 aromatic heterocycles. The Morgan fingerprint density at radius 1 is 1.25 bits per heavy atom. The highest BCUT2D eigenvalue weighted by Crippen LogP contribution is 2.13. The van der Waals surface area contributed by atoms with Crippen LogP contribution in [0.1, 0.15) is 11.3 Å². The average Bonchev–Trinajstić information content (AvgIpc) is 2.80. The summed E-state index contributed by atoms with van der Waals surface area (Å²) in [5.41, 5.74) is 8.31. The molecule has 0 spiro atoms. The Morgan fingerprint density at radius 2 is 1.86 bits per heavy atom. The number of amides is 1. The van der Waals surface area contributed by atoms with Crippen molar-refractivity contribution in [1.29, 1.82) is 5.41 Å². The van der Waals surface area contributed by atoms with Gasteiger partial charge in [-0.1, -0.05) is 41.9 Å². The van der Waals surface area contributed by atoms with Gasteiger partial charge in [-0.3, -0.25) is 24.4 Å². The second-order valence-corrected chi connectivity index (χ2v) is 7.27. The summed E-state index contributed by atoms with van der Waals surface area (Å²) in [5, 5.41) is 19.8. The fraction of sp³-hybridized carbons (Fsp3) is 0.350. The highest BCUT2D eigenvalue weighted by Gasteiger charge is 2.38. The number of carbonyl (C=O) groups is 2. The lowest BCUT2D eigenvalue weighted by Gasteiger charge is -2.14. The van der Waals surface area contributed by atoms with Gasteiger partial charge in [0.15, 0.2) is 11.0 Å². The lowest BCUT2D eigenvalue weighted by Crippen LogP contribution is -2.38. The first-order valence-electron chi connectivity index (χ1n) is 10.2. The van der Waals surface area contributed by atoms with Gasteiger partial charge < -0.3 is 21.5 Å². The van der Waals surface area contributed by atoms with Gasteiger partial charge in [0.1, 0.15) is 6.54 Å². The molecule has 1 heterocycles. The largest absolute Gasteiger partial charge is 0.490 e. The van der Waals surface area contributed by atoms with E-state index in [9.17, 15) is 22.8 Å². The second-order valence-electron chi connectivity index (χ2n) is 6.91. The van der Waals surface area contributed by atoms with Crippen molar-refractivity contribution in [2.75, 3.05) is 25.0 Å². The molecule has 0 saturated carbocycles. The van der Waals surface area contributed by atoms with Crippen molar-refractivity contribution in [2.24, 2.45) is 5.73 Å². The van der Waals surface area contributed by atoms with Crippen molar-refractivity contribution in [3.63, 3.8) is 0 Å². The third-order valence-corrected chi connectivity index (χ3v) is 4.52. The third kappa shape index (κ3) is 11.1. The lowest BCUT2D eigenvalue weighted by molar-refractivity contribution is -0.192. The minimum Gasteiger partial charge on any atom is -0.475 e. The van der Waals surface area contributed by atoms with Crippen molar-refractivity contribution in [1.82, 2.24) is 20.3 Å². The number of aliphatic carboxylic acids is 1. The monoisotopic (exact) mass is 535 g/mol. The predicted octanol–water partition coefficient (Wildman–Crippen LogP) is 1.02. The van der Waals surface area contributed by atoms with Gasteiger partial charge in [0.05, 0.1) is 12.3 Å². The molecule has 0 radical (unpaired) electrons. The van der Waals surface area contributed by atoms with Crippen molar-refractivity contribution < 1.29 is 32.7 Å². The molecule has 0 unspecified atom stereocenters. The molecule has 0 bridgehead atoms. The fourth-order valence-corrected chi connectivity index (χ4v) is 2.65. The van der Waals surface area contributed by atoms with Crippen LogP contribution >= 0.6 is 11.6 Å². The number of nitrogens with one attached hydrogen (secondary N) is 4. The number of hydrogen-bond donors (Lipinski definition) is 6. The molecular formula is C20H25ClF3N7O5. The smallest absolute Gasteiger partial charge is 0.475 e. The maximum Gasteiger partial charge on any atom is 0.490 e. The van der Waals surface area contributed by atoms with E-state index >= 15 is 0 Å². The number of alkyl halides is 3. The number of nitrogens with two attached hydrogens (primary N) is 1. The number of guanidine groups is 1. The van der Waals surface area contributed by atoms with E-state index in [1.807, 2.05) is 30.3 Å². The molecule has 2 aromatic rings. The van der Waals surface area contributed by atoms with Crippen LogP contribution in [0.4, 0.5) is 19.0 Å². The summed E-state index contributed by atoms with van der Waals surface area (Å²) in [4.78, 5) is 42.7. The highest BCUT2D eigenvalue weighted by molar-refractivity contribution is 6.30. The number of rotatable bonds is 10. The summed E-state index contributed by atoms with van der Waals surface area (Å²) >= 11 is 6.14. The summed E-state index contributed by atoms with van der Waals surface area (Å²) in [7, 11) is 0. The van der Waals surface area contributed by atoms with Crippen LogP contribution in [-0.4, -0.2) is 58.4 Å². The molecule has 36 heavy (non-hydrogen) atoms. The maximum atomic E-state index is 12.7. The van der Waals surface area contributed by atoms with Crippen molar-refractivity contribution in [3.05, 3.63) is 57.1 Å². The van der Waals surface area contributed by atoms with Crippen LogP contribution in [0.5, 0.6) is 0 Å². The number of hydrogen-bond acceptors (Lipinski definition) is 7. The molecule has 16 heteroatoms. The molecule has 1 aromatic carbocycles. The third-order valence-electron chi connectivity index (χ3n) is 4.16. The summed E-state index contributed by atoms with van der Waals surface area (Å²) in [5.74, 6) is -3.39. The molecule has 2 rings (SSSR count). The number of carboxylic acid groups (broad SMARTS) is 1. The summed E-state index contributed by atoms with van der Waals surface area (Å²) in [6, 6.07) is 9.82. The molecule has 12 nitrogen and oxygen atoms in total. The van der Waals surface area contributed by atoms with Gasteiger partial charge in [-0.15, -0.1) is 0 Å². The van der Waals surface area contributed by atoms with Gasteiger partial charge in [-0.05, 0) is 18.9 Å². The van der Waals surface area contributed by atoms with E-state index < -0.39 is 17.7 Å². The fourth-order valence-electron chi connectivity index (χ4n) is 2.46. The number of carbonyl (C=O) groups excluding carboxylic acids is 1. The van der Waals surface area contributed by atoms with Gasteiger partial charge in [-0.25, -0.2) is 15.3 Å². The molecule has 1 amide bonds. The van der Waals surface area contributed by atoms with E-state index in [1.165, 1.54) is 4.57 Å². The molecule has 0 aliphatic carbocycles. The van der Waals surface area contributed by atoms with Crippen molar-refractivity contribution in [2.45, 2.75) is 26.1 Å². The molecule has 0 atom stereocenters. The Kier molecular flexibility index (Phi) is 12.2. The van der Waals surface area contributed by atoms with Crippen LogP contribution < -0.4 is 27.4 Å². The molecule has 0 aliphatic heterocycles. The first kappa shape index (κ1) is 30.2. The Morgan fingerprint density at radius 3 is 2.42 bits per heavy atom. The predicted molar refractivity (Wildman–Crippen MR) is 125 cm³/mol. The number of hydroxylamine groups is 1. The Hall–Kier alpha value is -3.85. The van der Waals surface area contributed by atoms with Crippen LogP contribution in [0.3, 0.4) is 0 Å². The number of anilines is 1. The average molecular weight is 536 g/mol. The van der Waals surface area contributed by atoms with Crippen LogP contribution in [0, 0.1) is 12.3 Å². The highest BCUT2D eigenvalue weighted by atomic mass is 35.5. The lowest BCUT2D eigenvalue weighted by atomic mass is 10.1. The Labute approximate surface area is 208 Å². The zero-order valence-electron chi connectivity index (χ0n) is 19.0. The van der Waals surface area contributed by atoms with E-state index in [0.29, 0.717) is 18.7 Å². The van der Waals surface area contributed by atoms with Gasteiger partial charge >= 0.3 is 12.1 Å². The molecule has 0 aliphatic rings. The van der Waals surface area contributed by atoms with E-state index in [2.05, 4.69) is 21.1 Å². The Balaban J connectivity index is 0.000000809. The zero-order chi connectivity index (χ0) is 27.3. The molecule has 7 N–H and O–H groups in total. The summed E-state index contributed by atoms with van der Waals surface area (Å²) in [6.07, 6.45) is -4.37. The number of carboxylic acids is 1. The SMILES string of the molecule is Cc1c(Cl)nc(NCCc2ccccc2)c(=O)n1CC(=O)NCCONC(=N)N.O=C(O)C(F)(F)F. The van der Waals surface area contributed by atoms with E-state index in [0.717, 1.165) is 5.56 Å². The molecular weight excluding hydrogens is 511 g/mol. The van der Waals surface area contributed by atoms with Gasteiger partial charge in [0.25, 0.3) is 5.56 Å². The van der Waals surface area contributed by atoms with Crippen LogP contribution in [0.25, 0.3) is 0 Å². The van der Waals surface area contributed by atoms with Gasteiger partial charge in [0.2, 0.25) is 11.9 Å². The first-order chi connectivity index (χ1) is 16.8. The van der Waals surface area contributed by atoms with Crippen LogP contribution in [0.2, 0.25) is 5.15 Å². The van der Waals surface area contributed by atoms with Crippen molar-refractivity contribution >= 4 is 35.3 Å².